The molecule has 78 valence electrons. The topological polar surface area (TPSA) is 92.4 Å². The van der Waals surface area contributed by atoms with E-state index >= 15 is 0 Å². The van der Waals surface area contributed by atoms with E-state index in [2.05, 4.69) is 11.2 Å². The summed E-state index contributed by atoms with van der Waals surface area (Å²) < 4.78 is 0. The first-order valence-corrected chi connectivity index (χ1v) is 4.34. The van der Waals surface area contributed by atoms with Crippen molar-refractivity contribution in [3.8, 4) is 12.3 Å². The van der Waals surface area contributed by atoms with Gasteiger partial charge < -0.3 is 16.2 Å². The zero-order chi connectivity index (χ0) is 11.1. The first-order chi connectivity index (χ1) is 6.52. The number of aliphatic carboxylic acids is 1. The Morgan fingerprint density at radius 2 is 2.21 bits per heavy atom. The lowest BCUT2D eigenvalue weighted by atomic mass is 10.2. The van der Waals surface area contributed by atoms with Gasteiger partial charge in [-0.25, -0.2) is 4.79 Å². The Morgan fingerprint density at radius 3 is 2.57 bits per heavy atom. The molecule has 14 heavy (non-hydrogen) atoms. The van der Waals surface area contributed by atoms with Gasteiger partial charge in [0, 0.05) is 12.3 Å². The molecule has 0 spiro atoms. The van der Waals surface area contributed by atoms with Gasteiger partial charge in [0.25, 0.3) is 0 Å². The molecule has 5 nitrogen and oxygen atoms in total. The standard InChI is InChI=1S/C8H11ClN2O3/c1-2-3-6(8(13)14)11-7(12)5(10)4-9/h1,5-6H,3-4,10H2,(H,11,12)(H,13,14)/t5-,6?/m1/s1. The number of terminal acetylenes is 1. The third-order valence-corrected chi connectivity index (χ3v) is 1.77. The number of amides is 1. The maximum atomic E-state index is 11.1. The van der Waals surface area contributed by atoms with E-state index in [0.717, 1.165) is 0 Å². The molecular weight excluding hydrogens is 208 g/mol. The molecule has 6 heteroatoms. The number of carbonyl (C=O) groups is 2. The second kappa shape index (κ2) is 6.24. The van der Waals surface area contributed by atoms with E-state index in [1.54, 1.807) is 0 Å². The number of carbonyl (C=O) groups excluding carboxylic acids is 1. The molecule has 0 aromatic heterocycles. The van der Waals surface area contributed by atoms with Crippen molar-refractivity contribution < 1.29 is 14.7 Å². The molecule has 0 rings (SSSR count). The zero-order valence-electron chi connectivity index (χ0n) is 7.37. The molecule has 0 aliphatic rings. The van der Waals surface area contributed by atoms with Gasteiger partial charge in [-0.05, 0) is 0 Å². The van der Waals surface area contributed by atoms with E-state index in [0.29, 0.717) is 0 Å². The van der Waals surface area contributed by atoms with Crippen molar-refractivity contribution in [1.29, 1.82) is 0 Å². The molecule has 0 aromatic rings. The van der Waals surface area contributed by atoms with Gasteiger partial charge in [0.05, 0.1) is 6.04 Å². The molecule has 4 N–H and O–H groups in total. The molecule has 0 radical (unpaired) electrons. The lowest BCUT2D eigenvalue weighted by Gasteiger charge is -2.14. The minimum atomic E-state index is -1.20. The molecule has 2 atom stereocenters. The lowest BCUT2D eigenvalue weighted by molar-refractivity contribution is -0.141. The maximum absolute atomic E-state index is 11.1. The number of nitrogens with two attached hydrogens (primary N) is 1. The van der Waals surface area contributed by atoms with E-state index in [1.165, 1.54) is 0 Å². The molecule has 1 amide bonds. The fourth-order valence-electron chi connectivity index (χ4n) is 0.667. The van der Waals surface area contributed by atoms with Crippen LogP contribution in [0.1, 0.15) is 6.42 Å². The Morgan fingerprint density at radius 1 is 1.64 bits per heavy atom. The van der Waals surface area contributed by atoms with Crippen molar-refractivity contribution in [2.45, 2.75) is 18.5 Å². The van der Waals surface area contributed by atoms with E-state index in [1.807, 2.05) is 0 Å². The third kappa shape index (κ3) is 4.12. The monoisotopic (exact) mass is 218 g/mol. The number of rotatable bonds is 5. The van der Waals surface area contributed by atoms with Crippen molar-refractivity contribution >= 4 is 23.5 Å². The summed E-state index contributed by atoms with van der Waals surface area (Å²) in [5.41, 5.74) is 5.27. The summed E-state index contributed by atoms with van der Waals surface area (Å²) in [6.07, 6.45) is 4.84. The summed E-state index contributed by atoms with van der Waals surface area (Å²) in [5, 5.41) is 10.8. The fraction of sp³-hybridized carbons (Fsp3) is 0.500. The summed E-state index contributed by atoms with van der Waals surface area (Å²) in [6, 6.07) is -2.03. The van der Waals surface area contributed by atoms with Crippen LogP contribution in [0.3, 0.4) is 0 Å². The highest BCUT2D eigenvalue weighted by atomic mass is 35.5. The number of halogens is 1. The quantitative estimate of drug-likeness (QED) is 0.414. The largest absolute Gasteiger partial charge is 0.480 e. The van der Waals surface area contributed by atoms with Crippen LogP contribution in [0.25, 0.3) is 0 Å². The Bertz CT molecular complexity index is 262. The van der Waals surface area contributed by atoms with E-state index < -0.39 is 24.0 Å². The molecule has 0 saturated heterocycles. The predicted octanol–water partition coefficient (Wildman–Crippen LogP) is -0.855. The van der Waals surface area contributed by atoms with Crippen LogP contribution >= 0.6 is 11.6 Å². The van der Waals surface area contributed by atoms with Gasteiger partial charge in [-0.1, -0.05) is 0 Å². The Kier molecular flexibility index (Phi) is 5.68. The number of nitrogens with one attached hydrogen (secondary N) is 1. The second-order valence-corrected chi connectivity index (χ2v) is 2.88. The van der Waals surface area contributed by atoms with Crippen LogP contribution in [-0.2, 0) is 9.59 Å². The first kappa shape index (κ1) is 12.8. The van der Waals surface area contributed by atoms with Crippen LogP contribution in [0, 0.1) is 12.3 Å². The zero-order valence-corrected chi connectivity index (χ0v) is 8.12. The van der Waals surface area contributed by atoms with Crippen LogP contribution in [-0.4, -0.2) is 34.9 Å². The molecular formula is C8H11ClN2O3. The Balaban J connectivity index is 4.24. The third-order valence-electron chi connectivity index (χ3n) is 1.44. The van der Waals surface area contributed by atoms with Gasteiger partial charge in [0.2, 0.25) is 5.91 Å². The second-order valence-electron chi connectivity index (χ2n) is 2.57. The molecule has 0 saturated carbocycles. The van der Waals surface area contributed by atoms with Crippen LogP contribution in [0.4, 0.5) is 0 Å². The van der Waals surface area contributed by atoms with Crippen molar-refractivity contribution in [1.82, 2.24) is 5.32 Å². The molecule has 0 aliphatic carbocycles. The molecule has 0 aliphatic heterocycles. The van der Waals surface area contributed by atoms with Gasteiger partial charge in [-0.3, -0.25) is 4.79 Å². The number of hydrogen-bond donors (Lipinski definition) is 3. The fourth-order valence-corrected chi connectivity index (χ4v) is 0.807. The highest BCUT2D eigenvalue weighted by molar-refractivity contribution is 6.19. The number of alkyl halides is 1. The number of carboxylic acids is 1. The van der Waals surface area contributed by atoms with Crippen LogP contribution in [0.5, 0.6) is 0 Å². The smallest absolute Gasteiger partial charge is 0.327 e. The molecule has 0 fully saturated rings. The van der Waals surface area contributed by atoms with Gasteiger partial charge in [0.15, 0.2) is 0 Å². The van der Waals surface area contributed by atoms with Crippen molar-refractivity contribution in [3.63, 3.8) is 0 Å². The van der Waals surface area contributed by atoms with Crippen LogP contribution < -0.4 is 11.1 Å². The normalized spacial score (nSPS) is 13.8. The molecule has 0 bridgehead atoms. The minimum absolute atomic E-state index is 0.0752. The minimum Gasteiger partial charge on any atom is -0.480 e. The number of carboxylic acid groups (broad SMARTS) is 1. The van der Waals surface area contributed by atoms with Gasteiger partial charge in [-0.2, -0.15) is 0 Å². The average molecular weight is 219 g/mol. The predicted molar refractivity (Wildman–Crippen MR) is 51.7 cm³/mol. The summed E-state index contributed by atoms with van der Waals surface area (Å²) in [5.74, 6) is 0.248. The Hall–Kier alpha value is -1.25. The van der Waals surface area contributed by atoms with Crippen LogP contribution in [0.15, 0.2) is 0 Å². The van der Waals surface area contributed by atoms with Crippen molar-refractivity contribution in [2.75, 3.05) is 5.88 Å². The van der Waals surface area contributed by atoms with Crippen LogP contribution in [0.2, 0.25) is 0 Å². The van der Waals surface area contributed by atoms with E-state index in [-0.39, 0.29) is 12.3 Å². The first-order valence-electron chi connectivity index (χ1n) is 3.81. The van der Waals surface area contributed by atoms with Crippen molar-refractivity contribution in [3.05, 3.63) is 0 Å². The molecule has 0 heterocycles. The summed E-state index contributed by atoms with van der Waals surface area (Å²) >= 11 is 5.31. The summed E-state index contributed by atoms with van der Waals surface area (Å²) in [4.78, 5) is 21.7. The Labute approximate surface area is 86.6 Å². The summed E-state index contributed by atoms with van der Waals surface area (Å²) in [6.45, 7) is 0. The van der Waals surface area contributed by atoms with Gasteiger partial charge in [0.1, 0.15) is 6.04 Å². The summed E-state index contributed by atoms with van der Waals surface area (Å²) in [7, 11) is 0. The molecule has 0 aromatic carbocycles. The average Bonchev–Trinajstić information content (AvgIpc) is 2.15. The van der Waals surface area contributed by atoms with E-state index in [9.17, 15) is 9.59 Å². The number of hydrogen-bond acceptors (Lipinski definition) is 3. The highest BCUT2D eigenvalue weighted by Crippen LogP contribution is 1.93. The van der Waals surface area contributed by atoms with E-state index in [4.69, 9.17) is 28.9 Å². The van der Waals surface area contributed by atoms with Crippen molar-refractivity contribution in [2.24, 2.45) is 5.73 Å². The lowest BCUT2D eigenvalue weighted by Crippen LogP contribution is -2.49. The highest BCUT2D eigenvalue weighted by Gasteiger charge is 2.21. The maximum Gasteiger partial charge on any atom is 0.327 e. The van der Waals surface area contributed by atoms with Gasteiger partial charge in [-0.15, -0.1) is 23.9 Å². The van der Waals surface area contributed by atoms with Gasteiger partial charge >= 0.3 is 5.97 Å². The SMILES string of the molecule is C#CCC(NC(=O)[C@H](N)CCl)C(=O)O. The molecule has 1 unspecified atom stereocenters.